The van der Waals surface area contributed by atoms with Crippen LogP contribution in [0.3, 0.4) is 0 Å². The molecule has 0 aliphatic carbocycles. The molecule has 14 nitrogen and oxygen atoms in total. The molecule has 4 heterocycles. The number of carbonyl (C=O) groups is 3. The van der Waals surface area contributed by atoms with E-state index in [9.17, 15) is 14.4 Å². The highest BCUT2D eigenvalue weighted by atomic mass is 16.5. The molecule has 5 aromatic rings. The van der Waals surface area contributed by atoms with Crippen LogP contribution in [0.4, 0.5) is 5.69 Å². The number of esters is 1. The maximum Gasteiger partial charge on any atom is 0.356 e. The van der Waals surface area contributed by atoms with Crippen LogP contribution in [0.1, 0.15) is 67.0 Å². The summed E-state index contributed by atoms with van der Waals surface area (Å²) in [5, 5.41) is 2.96. The predicted molar refractivity (Wildman–Crippen MR) is 245 cm³/mol. The predicted octanol–water partition coefficient (Wildman–Crippen LogP) is 5.30. The zero-order chi connectivity index (χ0) is 45.1. The summed E-state index contributed by atoms with van der Waals surface area (Å²) in [6.45, 7) is 7.14. The highest BCUT2D eigenvalue weighted by Gasteiger charge is 2.25. The van der Waals surface area contributed by atoms with Crippen molar-refractivity contribution in [3.63, 3.8) is 0 Å². The molecular weight excluding hydrogens is 825 g/mol. The van der Waals surface area contributed by atoms with E-state index in [1.807, 2.05) is 97.1 Å². The number of nitrogens with zero attached hydrogens (tertiary/aromatic N) is 5. The molecule has 0 radical (unpaired) electrons. The summed E-state index contributed by atoms with van der Waals surface area (Å²) in [5.74, 6) is 5.65. The summed E-state index contributed by atoms with van der Waals surface area (Å²) >= 11 is 0. The van der Waals surface area contributed by atoms with Gasteiger partial charge in [-0.25, -0.2) is 9.78 Å². The van der Waals surface area contributed by atoms with Crippen LogP contribution in [0.15, 0.2) is 115 Å². The summed E-state index contributed by atoms with van der Waals surface area (Å²) in [6.07, 6.45) is 1.91. The molecule has 2 aromatic heterocycles. The van der Waals surface area contributed by atoms with Gasteiger partial charge in [0, 0.05) is 68.6 Å². The fourth-order valence-electron chi connectivity index (χ4n) is 7.70. The van der Waals surface area contributed by atoms with E-state index in [2.05, 4.69) is 31.9 Å². The molecule has 3 aromatic carbocycles. The van der Waals surface area contributed by atoms with Gasteiger partial charge in [-0.2, -0.15) is 0 Å². The van der Waals surface area contributed by atoms with Gasteiger partial charge in [0.1, 0.15) is 5.69 Å². The SMILES string of the molecule is COC(=O)c1cccc(CN2CCOCCOCCN(C(c3ccc(C(=O)NCCC(=O)N4Cc5ccccc5C#Cc5ccccc54)cc3)c3ccccn3)CCOCCOCC2)n1. The van der Waals surface area contributed by atoms with Crippen LogP contribution in [-0.2, 0) is 41.6 Å². The zero-order valence-corrected chi connectivity index (χ0v) is 36.9. The number of anilines is 1. The zero-order valence-electron chi connectivity index (χ0n) is 36.9. The largest absolute Gasteiger partial charge is 0.464 e. The van der Waals surface area contributed by atoms with E-state index >= 15 is 0 Å². The number of methoxy groups -OCH3 is 1. The van der Waals surface area contributed by atoms with E-state index in [1.54, 1.807) is 23.2 Å². The average molecular weight is 881 g/mol. The Bertz CT molecular complexity index is 2370. The molecule has 65 heavy (non-hydrogen) atoms. The van der Waals surface area contributed by atoms with Gasteiger partial charge < -0.3 is 33.9 Å². The van der Waals surface area contributed by atoms with Gasteiger partial charge in [0.15, 0.2) is 0 Å². The smallest absolute Gasteiger partial charge is 0.356 e. The number of hydrogen-bond acceptors (Lipinski definition) is 12. The van der Waals surface area contributed by atoms with Crippen LogP contribution in [0.25, 0.3) is 0 Å². The van der Waals surface area contributed by atoms with E-state index < -0.39 is 5.97 Å². The minimum atomic E-state index is -0.470. The van der Waals surface area contributed by atoms with Gasteiger partial charge in [0.25, 0.3) is 5.91 Å². The number of rotatable bonds is 10. The third-order valence-corrected chi connectivity index (χ3v) is 11.1. The van der Waals surface area contributed by atoms with Gasteiger partial charge in [-0.1, -0.05) is 66.4 Å². The lowest BCUT2D eigenvalue weighted by Gasteiger charge is -2.32. The molecular formula is C51H56N6O8. The van der Waals surface area contributed by atoms with Crippen LogP contribution in [0.2, 0.25) is 0 Å². The number of aromatic nitrogens is 2. The molecule has 2 amide bonds. The van der Waals surface area contributed by atoms with Crippen molar-refractivity contribution in [1.29, 1.82) is 0 Å². The Morgan fingerprint density at radius 3 is 2.05 bits per heavy atom. The van der Waals surface area contributed by atoms with Gasteiger partial charge in [-0.3, -0.25) is 24.4 Å². The van der Waals surface area contributed by atoms with Crippen molar-refractivity contribution in [2.45, 2.75) is 25.6 Å². The number of nitrogens with one attached hydrogen (secondary N) is 1. The monoisotopic (exact) mass is 880 g/mol. The number of hydrogen-bond donors (Lipinski definition) is 1. The Morgan fingerprint density at radius 2 is 1.35 bits per heavy atom. The summed E-state index contributed by atoms with van der Waals surface area (Å²) in [4.78, 5) is 54.7. The first kappa shape index (κ1) is 46.7. The molecule has 1 saturated heterocycles. The molecule has 0 bridgehead atoms. The van der Waals surface area contributed by atoms with E-state index in [0.29, 0.717) is 97.7 Å². The number of fused-ring (bicyclic) bond motifs is 2. The van der Waals surface area contributed by atoms with Gasteiger partial charge in [0.2, 0.25) is 5.91 Å². The minimum absolute atomic E-state index is 0.102. The molecule has 0 spiro atoms. The first-order chi connectivity index (χ1) is 32.0. The average Bonchev–Trinajstić information content (AvgIpc) is 3.33. The summed E-state index contributed by atoms with van der Waals surface area (Å²) in [7, 11) is 1.34. The number of para-hydroxylation sites is 1. The summed E-state index contributed by atoms with van der Waals surface area (Å²) in [6, 6.07) is 34.0. The van der Waals surface area contributed by atoms with Gasteiger partial charge in [-0.05, 0) is 65.7 Å². The maximum atomic E-state index is 13.7. The lowest BCUT2D eigenvalue weighted by Crippen LogP contribution is -2.36. The Kier molecular flexibility index (Phi) is 17.7. The van der Waals surface area contributed by atoms with Crippen molar-refractivity contribution in [3.05, 3.63) is 160 Å². The minimum Gasteiger partial charge on any atom is -0.464 e. The Morgan fingerprint density at radius 1 is 0.708 bits per heavy atom. The van der Waals surface area contributed by atoms with Crippen molar-refractivity contribution >= 4 is 23.5 Å². The van der Waals surface area contributed by atoms with Gasteiger partial charge >= 0.3 is 5.97 Å². The third-order valence-electron chi connectivity index (χ3n) is 11.1. The molecule has 0 saturated carbocycles. The third kappa shape index (κ3) is 13.6. The van der Waals surface area contributed by atoms with Crippen LogP contribution >= 0.6 is 0 Å². The second kappa shape index (κ2) is 24.7. The van der Waals surface area contributed by atoms with Crippen molar-refractivity contribution in [1.82, 2.24) is 25.1 Å². The van der Waals surface area contributed by atoms with E-state index in [4.69, 9.17) is 28.7 Å². The highest BCUT2D eigenvalue weighted by molar-refractivity contribution is 5.97. The van der Waals surface area contributed by atoms with Crippen molar-refractivity contribution in [2.75, 3.05) is 97.6 Å². The number of carbonyl (C=O) groups excluding carboxylic acids is 3. The maximum absolute atomic E-state index is 13.7. The summed E-state index contributed by atoms with van der Waals surface area (Å²) in [5.41, 5.74) is 6.74. The van der Waals surface area contributed by atoms with Crippen molar-refractivity contribution < 1.29 is 38.1 Å². The lowest BCUT2D eigenvalue weighted by molar-refractivity contribution is -0.118. The molecule has 1 N–H and O–H groups in total. The first-order valence-electron chi connectivity index (χ1n) is 22.1. The van der Waals surface area contributed by atoms with Crippen LogP contribution < -0.4 is 10.2 Å². The second-order valence-electron chi connectivity index (χ2n) is 15.5. The molecule has 2 aliphatic rings. The molecule has 338 valence electrons. The molecule has 2 aliphatic heterocycles. The van der Waals surface area contributed by atoms with E-state index in [0.717, 1.165) is 39.3 Å². The second-order valence-corrected chi connectivity index (χ2v) is 15.5. The number of benzene rings is 3. The Hall–Kier alpha value is -6.31. The molecule has 14 heteroatoms. The number of ether oxygens (including phenoxy) is 5. The molecule has 1 atom stereocenters. The van der Waals surface area contributed by atoms with Gasteiger partial charge in [0.05, 0.1) is 89.6 Å². The quantitative estimate of drug-likeness (QED) is 0.144. The van der Waals surface area contributed by atoms with Crippen LogP contribution in [0, 0.1) is 11.8 Å². The molecule has 1 fully saturated rings. The molecule has 7 rings (SSSR count). The van der Waals surface area contributed by atoms with E-state index in [1.165, 1.54) is 7.11 Å². The first-order valence-corrected chi connectivity index (χ1v) is 22.1. The summed E-state index contributed by atoms with van der Waals surface area (Å²) < 4.78 is 28.9. The standard InChI is InChI=1S/C51H56N6O8/c1-61-51(60)46-14-8-12-44(54-46)38-55-25-29-62-33-35-64-31-27-56(28-32-65-36-34-63-30-26-55)49(45-13-6-7-23-52-45)41-18-20-42(21-19-41)50(59)53-24-22-48(58)57-37-43-11-3-2-9-39(43)16-17-40-10-4-5-15-47(40)57/h2-15,18-21,23,49H,22,24-38H2,1H3,(H,53,59). The normalized spacial score (nSPS) is 16.4. The topological polar surface area (TPSA) is 145 Å². The fraction of sp³-hybridized carbons (Fsp3) is 0.353. The molecule has 1 unspecified atom stereocenters. The Labute approximate surface area is 380 Å². The highest BCUT2D eigenvalue weighted by Crippen LogP contribution is 2.28. The van der Waals surface area contributed by atoms with Crippen molar-refractivity contribution in [2.24, 2.45) is 0 Å². The van der Waals surface area contributed by atoms with Crippen molar-refractivity contribution in [3.8, 4) is 11.8 Å². The van der Waals surface area contributed by atoms with Crippen LogP contribution in [-0.4, -0.2) is 130 Å². The fourth-order valence-corrected chi connectivity index (χ4v) is 7.70. The van der Waals surface area contributed by atoms with E-state index in [-0.39, 0.29) is 36.5 Å². The number of amides is 2. The van der Waals surface area contributed by atoms with Crippen LogP contribution in [0.5, 0.6) is 0 Å². The number of pyridine rings is 2. The lowest BCUT2D eigenvalue weighted by atomic mass is 9.99. The van der Waals surface area contributed by atoms with Gasteiger partial charge in [-0.15, -0.1) is 0 Å². The Balaban J connectivity index is 0.946.